The van der Waals surface area contributed by atoms with Crippen molar-refractivity contribution >= 4 is 27.3 Å². The number of nitrogens with one attached hydrogen (secondary N) is 1. The van der Waals surface area contributed by atoms with Gasteiger partial charge in [-0.2, -0.15) is 0 Å². The normalized spacial score (nSPS) is 13.7. The Morgan fingerprint density at radius 1 is 1.24 bits per heavy atom. The van der Waals surface area contributed by atoms with Gasteiger partial charge in [-0.25, -0.2) is 4.98 Å². The van der Waals surface area contributed by atoms with Gasteiger partial charge in [-0.1, -0.05) is 20.8 Å². The fourth-order valence-electron chi connectivity index (χ4n) is 1.99. The Balaban J connectivity index is 2.39. The van der Waals surface area contributed by atoms with Crippen molar-refractivity contribution in [1.29, 1.82) is 0 Å². The van der Waals surface area contributed by atoms with Gasteiger partial charge < -0.3 is 5.32 Å². The zero-order chi connectivity index (χ0) is 15.6. The number of halogens is 1. The van der Waals surface area contributed by atoms with Gasteiger partial charge in [0.2, 0.25) is 0 Å². The fourth-order valence-corrected chi connectivity index (χ4v) is 3.51. The Kier molecular flexibility index (Phi) is 5.17. The number of pyridine rings is 1. The Hall–Kier alpha value is -0.780. The first kappa shape index (κ1) is 16.6. The second-order valence-electron chi connectivity index (χ2n) is 6.51. The molecule has 0 aliphatic carbocycles. The molecule has 1 N–H and O–H groups in total. The summed E-state index contributed by atoms with van der Waals surface area (Å²) in [5.74, 6) is 0. The Morgan fingerprint density at radius 3 is 2.48 bits per heavy atom. The van der Waals surface area contributed by atoms with Gasteiger partial charge in [-0.05, 0) is 41.4 Å². The quantitative estimate of drug-likeness (QED) is 0.851. The molecule has 2 aromatic rings. The van der Waals surface area contributed by atoms with E-state index >= 15 is 0 Å². The van der Waals surface area contributed by atoms with Crippen LogP contribution in [0.15, 0.2) is 28.3 Å². The van der Waals surface area contributed by atoms with Crippen LogP contribution < -0.4 is 5.32 Å². The number of hydrogen-bond acceptors (Lipinski definition) is 4. The molecule has 0 saturated heterocycles. The van der Waals surface area contributed by atoms with Crippen LogP contribution in [0.5, 0.6) is 0 Å². The molecule has 0 bridgehead atoms. The Labute approximate surface area is 139 Å². The van der Waals surface area contributed by atoms with Crippen LogP contribution in [0.4, 0.5) is 0 Å². The predicted octanol–water partition coefficient (Wildman–Crippen LogP) is 4.69. The average molecular weight is 368 g/mol. The van der Waals surface area contributed by atoms with Crippen molar-refractivity contribution in [1.82, 2.24) is 15.3 Å². The molecule has 0 fully saturated rings. The minimum Gasteiger partial charge on any atom is -0.302 e. The van der Waals surface area contributed by atoms with Crippen LogP contribution in [0.2, 0.25) is 0 Å². The van der Waals surface area contributed by atoms with Gasteiger partial charge in [0.1, 0.15) is 5.01 Å². The molecule has 114 valence electrons. The topological polar surface area (TPSA) is 37.8 Å². The van der Waals surface area contributed by atoms with E-state index in [1.54, 1.807) is 17.5 Å². The number of aromatic nitrogens is 2. The van der Waals surface area contributed by atoms with Gasteiger partial charge in [0.05, 0.1) is 11.7 Å². The maximum Gasteiger partial charge on any atom is 0.114 e. The molecule has 2 aromatic heterocycles. The molecule has 2 rings (SSSR count). The number of thiazole rings is 1. The predicted molar refractivity (Wildman–Crippen MR) is 92.9 cm³/mol. The Morgan fingerprint density at radius 2 is 1.95 bits per heavy atom. The highest BCUT2D eigenvalue weighted by molar-refractivity contribution is 9.10. The van der Waals surface area contributed by atoms with Crippen molar-refractivity contribution in [2.45, 2.75) is 52.1 Å². The van der Waals surface area contributed by atoms with E-state index in [0.717, 1.165) is 20.7 Å². The molecule has 0 aliphatic rings. The van der Waals surface area contributed by atoms with E-state index in [9.17, 15) is 0 Å². The lowest BCUT2D eigenvalue weighted by Crippen LogP contribution is -2.29. The molecule has 21 heavy (non-hydrogen) atoms. The summed E-state index contributed by atoms with van der Waals surface area (Å²) in [6.45, 7) is 10.9. The molecule has 1 atom stereocenters. The van der Waals surface area contributed by atoms with Crippen LogP contribution in [-0.2, 0) is 5.41 Å². The molecule has 1 unspecified atom stereocenters. The fraction of sp³-hybridized carbons (Fsp3) is 0.500. The van der Waals surface area contributed by atoms with E-state index in [0.29, 0.717) is 6.04 Å². The molecule has 0 aliphatic heterocycles. The lowest BCUT2D eigenvalue weighted by Gasteiger charge is -2.20. The smallest absolute Gasteiger partial charge is 0.114 e. The standard InChI is InChI=1S/C16H22BrN3S/c1-10(2)19-14(11-6-12(17)8-18-7-11)15-20-13(9-21-15)16(3,4)5/h6-10,14,19H,1-5H3. The lowest BCUT2D eigenvalue weighted by molar-refractivity contribution is 0.518. The van der Waals surface area contributed by atoms with Crippen LogP contribution in [0.25, 0.3) is 0 Å². The molecule has 3 nitrogen and oxygen atoms in total. The number of hydrogen-bond donors (Lipinski definition) is 1. The monoisotopic (exact) mass is 367 g/mol. The van der Waals surface area contributed by atoms with Crippen molar-refractivity contribution in [3.05, 3.63) is 44.6 Å². The molecule has 2 heterocycles. The van der Waals surface area contributed by atoms with Crippen LogP contribution in [0, 0.1) is 0 Å². The molecular weight excluding hydrogens is 346 g/mol. The number of nitrogens with zero attached hydrogens (tertiary/aromatic N) is 2. The summed E-state index contributed by atoms with van der Waals surface area (Å²) >= 11 is 5.21. The Bertz CT molecular complexity index is 602. The van der Waals surface area contributed by atoms with Crippen LogP contribution in [0.1, 0.15) is 56.9 Å². The third kappa shape index (κ3) is 4.34. The maximum atomic E-state index is 4.85. The first-order valence-corrected chi connectivity index (χ1v) is 8.77. The third-order valence-corrected chi connectivity index (χ3v) is 4.44. The molecule has 0 radical (unpaired) electrons. The molecule has 0 amide bonds. The van der Waals surface area contributed by atoms with Gasteiger partial charge in [-0.3, -0.25) is 4.98 Å². The average Bonchev–Trinajstić information content (AvgIpc) is 2.85. The van der Waals surface area contributed by atoms with Crippen molar-refractivity contribution in [2.24, 2.45) is 0 Å². The van der Waals surface area contributed by atoms with Gasteiger partial charge in [0.15, 0.2) is 0 Å². The van der Waals surface area contributed by atoms with Crippen molar-refractivity contribution in [3.8, 4) is 0 Å². The summed E-state index contributed by atoms with van der Waals surface area (Å²) in [6.07, 6.45) is 3.71. The zero-order valence-electron chi connectivity index (χ0n) is 13.1. The minimum atomic E-state index is 0.0760. The molecular formula is C16H22BrN3S. The van der Waals surface area contributed by atoms with Crippen LogP contribution >= 0.6 is 27.3 Å². The summed E-state index contributed by atoms with van der Waals surface area (Å²) in [6, 6.07) is 2.55. The van der Waals surface area contributed by atoms with Gasteiger partial charge >= 0.3 is 0 Å². The third-order valence-electron chi connectivity index (χ3n) is 3.10. The summed E-state index contributed by atoms with van der Waals surface area (Å²) in [4.78, 5) is 9.14. The van der Waals surface area contributed by atoms with Crippen molar-refractivity contribution in [2.75, 3.05) is 0 Å². The summed E-state index contributed by atoms with van der Waals surface area (Å²) in [5.41, 5.74) is 2.35. The SMILES string of the molecule is CC(C)NC(c1cncc(Br)c1)c1nc(C(C)(C)C)cs1. The first-order chi connectivity index (χ1) is 9.77. The van der Waals surface area contributed by atoms with E-state index < -0.39 is 0 Å². The first-order valence-electron chi connectivity index (χ1n) is 7.10. The molecule has 0 aromatic carbocycles. The summed E-state index contributed by atoms with van der Waals surface area (Å²) in [7, 11) is 0. The summed E-state index contributed by atoms with van der Waals surface area (Å²) < 4.78 is 0.989. The molecule has 0 spiro atoms. The lowest BCUT2D eigenvalue weighted by atomic mass is 9.93. The zero-order valence-corrected chi connectivity index (χ0v) is 15.5. The maximum absolute atomic E-state index is 4.85. The van der Waals surface area contributed by atoms with E-state index in [1.807, 2.05) is 6.20 Å². The highest BCUT2D eigenvalue weighted by Gasteiger charge is 2.23. The van der Waals surface area contributed by atoms with Crippen molar-refractivity contribution < 1.29 is 0 Å². The highest BCUT2D eigenvalue weighted by Crippen LogP contribution is 2.30. The van der Waals surface area contributed by atoms with E-state index in [-0.39, 0.29) is 11.5 Å². The van der Waals surface area contributed by atoms with Crippen LogP contribution in [0.3, 0.4) is 0 Å². The van der Waals surface area contributed by atoms with Gasteiger partial charge in [0, 0.05) is 33.7 Å². The van der Waals surface area contributed by atoms with Gasteiger partial charge in [-0.15, -0.1) is 11.3 Å². The second-order valence-corrected chi connectivity index (χ2v) is 8.32. The van der Waals surface area contributed by atoms with Crippen molar-refractivity contribution in [3.63, 3.8) is 0 Å². The highest BCUT2D eigenvalue weighted by atomic mass is 79.9. The van der Waals surface area contributed by atoms with E-state index in [2.05, 4.69) is 72.3 Å². The van der Waals surface area contributed by atoms with Gasteiger partial charge in [0.25, 0.3) is 0 Å². The largest absolute Gasteiger partial charge is 0.302 e. The summed E-state index contributed by atoms with van der Waals surface area (Å²) in [5, 5.41) is 6.85. The molecule has 5 heteroatoms. The molecule has 0 saturated carbocycles. The van der Waals surface area contributed by atoms with E-state index in [4.69, 9.17) is 4.98 Å². The number of rotatable bonds is 4. The second kappa shape index (κ2) is 6.55. The van der Waals surface area contributed by atoms with Crippen LogP contribution in [-0.4, -0.2) is 16.0 Å². The minimum absolute atomic E-state index is 0.0760. The van der Waals surface area contributed by atoms with E-state index in [1.165, 1.54) is 0 Å².